The van der Waals surface area contributed by atoms with Gasteiger partial charge in [0.2, 0.25) is 0 Å². The first-order valence-corrected chi connectivity index (χ1v) is 6.93. The average Bonchev–Trinajstić information content (AvgIpc) is 2.43. The van der Waals surface area contributed by atoms with Crippen molar-refractivity contribution >= 4 is 11.4 Å². The van der Waals surface area contributed by atoms with Gasteiger partial charge in [0.05, 0.1) is 5.69 Å². The Morgan fingerprint density at radius 2 is 1.85 bits per heavy atom. The summed E-state index contributed by atoms with van der Waals surface area (Å²) in [5, 5.41) is 0. The van der Waals surface area contributed by atoms with Crippen LogP contribution in [-0.2, 0) is 0 Å². The summed E-state index contributed by atoms with van der Waals surface area (Å²) in [6.07, 6.45) is 0. The first-order valence-electron chi connectivity index (χ1n) is 6.93. The minimum Gasteiger partial charge on any atom is -0.339 e. The lowest BCUT2D eigenvalue weighted by Crippen LogP contribution is -2.22. The lowest BCUT2D eigenvalue weighted by Gasteiger charge is -2.28. The van der Waals surface area contributed by atoms with Crippen LogP contribution in [0.25, 0.3) is 0 Å². The summed E-state index contributed by atoms with van der Waals surface area (Å²) in [4.78, 5) is 1.99. The first kappa shape index (κ1) is 14.5. The van der Waals surface area contributed by atoms with E-state index in [-0.39, 0.29) is 11.9 Å². The third-order valence-electron chi connectivity index (χ3n) is 3.50. The molecular weight excluding hydrogens is 251 g/mol. The normalized spacial score (nSPS) is 12.2. The van der Waals surface area contributed by atoms with E-state index < -0.39 is 0 Å². The van der Waals surface area contributed by atoms with Crippen LogP contribution >= 0.6 is 0 Å². The second kappa shape index (κ2) is 6.06. The third-order valence-corrected chi connectivity index (χ3v) is 3.50. The maximum atomic E-state index is 14.4. The number of rotatable bonds is 4. The molecule has 3 heteroatoms. The fourth-order valence-corrected chi connectivity index (χ4v) is 2.50. The smallest absolute Gasteiger partial charge is 0.147 e. The van der Waals surface area contributed by atoms with Gasteiger partial charge < -0.3 is 10.6 Å². The van der Waals surface area contributed by atoms with E-state index in [4.69, 9.17) is 5.73 Å². The SMILES string of the molecule is CCN(c1ccccc1C)c1c(F)cccc1[C@@H](C)N. The van der Waals surface area contributed by atoms with Gasteiger partial charge in [0.25, 0.3) is 0 Å². The Morgan fingerprint density at radius 1 is 1.15 bits per heavy atom. The summed E-state index contributed by atoms with van der Waals surface area (Å²) in [6.45, 7) is 6.61. The topological polar surface area (TPSA) is 29.3 Å². The molecule has 0 aliphatic carbocycles. The molecule has 2 nitrogen and oxygen atoms in total. The lowest BCUT2D eigenvalue weighted by molar-refractivity contribution is 0.620. The van der Waals surface area contributed by atoms with Crippen molar-refractivity contribution in [2.24, 2.45) is 5.73 Å². The highest BCUT2D eigenvalue weighted by Crippen LogP contribution is 2.35. The largest absolute Gasteiger partial charge is 0.339 e. The summed E-state index contributed by atoms with van der Waals surface area (Å²) in [6, 6.07) is 12.9. The van der Waals surface area contributed by atoms with Crippen LogP contribution in [-0.4, -0.2) is 6.54 Å². The van der Waals surface area contributed by atoms with Gasteiger partial charge in [0.15, 0.2) is 0 Å². The molecule has 0 bridgehead atoms. The Balaban J connectivity index is 2.61. The highest BCUT2D eigenvalue weighted by atomic mass is 19.1. The summed E-state index contributed by atoms with van der Waals surface area (Å²) in [7, 11) is 0. The molecule has 2 rings (SSSR count). The van der Waals surface area contributed by atoms with Crippen molar-refractivity contribution in [2.45, 2.75) is 26.8 Å². The fourth-order valence-electron chi connectivity index (χ4n) is 2.50. The number of hydrogen-bond donors (Lipinski definition) is 1. The van der Waals surface area contributed by atoms with Crippen molar-refractivity contribution in [3.8, 4) is 0 Å². The summed E-state index contributed by atoms with van der Waals surface area (Å²) in [5.74, 6) is -0.232. The van der Waals surface area contributed by atoms with E-state index in [9.17, 15) is 4.39 Å². The Labute approximate surface area is 120 Å². The molecule has 106 valence electrons. The number of aryl methyl sites for hydroxylation is 1. The molecule has 2 aromatic rings. The van der Waals surface area contributed by atoms with Crippen LogP contribution in [0, 0.1) is 12.7 Å². The summed E-state index contributed by atoms with van der Waals surface area (Å²) >= 11 is 0. The Hall–Kier alpha value is -1.87. The van der Waals surface area contributed by atoms with E-state index in [2.05, 4.69) is 0 Å². The maximum Gasteiger partial charge on any atom is 0.147 e. The zero-order valence-electron chi connectivity index (χ0n) is 12.2. The van der Waals surface area contributed by atoms with Gasteiger partial charge in [-0.1, -0.05) is 30.3 Å². The number of nitrogens with two attached hydrogens (primary N) is 1. The molecule has 0 heterocycles. The molecule has 0 aliphatic rings. The van der Waals surface area contributed by atoms with E-state index in [1.807, 2.05) is 56.0 Å². The van der Waals surface area contributed by atoms with Gasteiger partial charge in [-0.05, 0) is 44.0 Å². The molecule has 0 amide bonds. The average molecular weight is 272 g/mol. The van der Waals surface area contributed by atoms with Crippen LogP contribution < -0.4 is 10.6 Å². The molecule has 2 N–H and O–H groups in total. The quantitative estimate of drug-likeness (QED) is 0.898. The summed E-state index contributed by atoms with van der Waals surface area (Å²) in [5.41, 5.74) is 9.54. The molecule has 20 heavy (non-hydrogen) atoms. The van der Waals surface area contributed by atoms with Crippen molar-refractivity contribution in [3.63, 3.8) is 0 Å². The van der Waals surface area contributed by atoms with Gasteiger partial charge in [0, 0.05) is 18.3 Å². The molecule has 0 fully saturated rings. The number of para-hydroxylation sites is 2. The van der Waals surface area contributed by atoms with Crippen LogP contribution in [0.4, 0.5) is 15.8 Å². The molecule has 0 saturated carbocycles. The van der Waals surface area contributed by atoms with Crippen LogP contribution in [0.1, 0.15) is 31.0 Å². The van der Waals surface area contributed by atoms with E-state index in [1.165, 1.54) is 6.07 Å². The number of halogens is 1. The van der Waals surface area contributed by atoms with Crippen molar-refractivity contribution in [2.75, 3.05) is 11.4 Å². The number of benzene rings is 2. The van der Waals surface area contributed by atoms with Gasteiger partial charge in [-0.2, -0.15) is 0 Å². The monoisotopic (exact) mass is 272 g/mol. The van der Waals surface area contributed by atoms with Crippen LogP contribution in [0.15, 0.2) is 42.5 Å². The highest BCUT2D eigenvalue weighted by Gasteiger charge is 2.19. The van der Waals surface area contributed by atoms with Crippen molar-refractivity contribution < 1.29 is 4.39 Å². The van der Waals surface area contributed by atoms with Crippen LogP contribution in [0.5, 0.6) is 0 Å². The van der Waals surface area contributed by atoms with Crippen molar-refractivity contribution in [3.05, 3.63) is 59.4 Å². The van der Waals surface area contributed by atoms with Crippen LogP contribution in [0.3, 0.4) is 0 Å². The number of anilines is 2. The second-order valence-electron chi connectivity index (χ2n) is 5.00. The molecule has 0 aliphatic heterocycles. The minimum absolute atomic E-state index is 0.209. The third kappa shape index (κ3) is 2.68. The van der Waals surface area contributed by atoms with E-state index in [0.717, 1.165) is 16.8 Å². The molecule has 2 aromatic carbocycles. The van der Waals surface area contributed by atoms with Gasteiger partial charge in [0.1, 0.15) is 5.82 Å². The zero-order chi connectivity index (χ0) is 14.7. The predicted octanol–water partition coefficient (Wildman–Crippen LogP) is 4.31. The Kier molecular flexibility index (Phi) is 4.40. The Bertz CT molecular complexity index is 593. The molecule has 0 spiro atoms. The highest BCUT2D eigenvalue weighted by molar-refractivity contribution is 5.69. The van der Waals surface area contributed by atoms with Crippen molar-refractivity contribution in [1.82, 2.24) is 0 Å². The zero-order valence-corrected chi connectivity index (χ0v) is 12.2. The second-order valence-corrected chi connectivity index (χ2v) is 5.00. The molecular formula is C17H21FN2. The number of hydrogen-bond acceptors (Lipinski definition) is 2. The number of nitrogens with zero attached hydrogens (tertiary/aromatic N) is 1. The molecule has 0 radical (unpaired) electrons. The Morgan fingerprint density at radius 3 is 2.45 bits per heavy atom. The van der Waals surface area contributed by atoms with Gasteiger partial charge in [-0.3, -0.25) is 0 Å². The molecule has 0 saturated heterocycles. The minimum atomic E-state index is -0.232. The van der Waals surface area contributed by atoms with Crippen molar-refractivity contribution in [1.29, 1.82) is 0 Å². The lowest BCUT2D eigenvalue weighted by atomic mass is 10.0. The molecule has 0 aromatic heterocycles. The van der Waals surface area contributed by atoms with E-state index in [1.54, 1.807) is 6.07 Å². The van der Waals surface area contributed by atoms with E-state index >= 15 is 0 Å². The fraction of sp³-hybridized carbons (Fsp3) is 0.294. The van der Waals surface area contributed by atoms with Gasteiger partial charge >= 0.3 is 0 Å². The standard InChI is InChI=1S/C17H21FN2/c1-4-20(16-11-6-5-8-12(16)2)17-14(13(3)19)9-7-10-15(17)18/h5-11,13H,4,19H2,1-3H3/t13-/m1/s1. The molecule has 1 atom stereocenters. The molecule has 0 unspecified atom stereocenters. The first-order chi connectivity index (χ1) is 9.56. The predicted molar refractivity (Wildman–Crippen MR) is 82.9 cm³/mol. The van der Waals surface area contributed by atoms with Gasteiger partial charge in [-0.25, -0.2) is 4.39 Å². The maximum absolute atomic E-state index is 14.4. The summed E-state index contributed by atoms with van der Waals surface area (Å²) < 4.78 is 14.4. The van der Waals surface area contributed by atoms with Crippen LogP contribution in [0.2, 0.25) is 0 Å². The van der Waals surface area contributed by atoms with E-state index in [0.29, 0.717) is 12.2 Å². The van der Waals surface area contributed by atoms with Gasteiger partial charge in [-0.15, -0.1) is 0 Å².